The van der Waals surface area contributed by atoms with Crippen molar-refractivity contribution in [2.75, 3.05) is 12.4 Å². The molecule has 5 heteroatoms. The summed E-state index contributed by atoms with van der Waals surface area (Å²) in [6, 6.07) is 23.3. The lowest BCUT2D eigenvalue weighted by Gasteiger charge is -2.06. The van der Waals surface area contributed by atoms with Crippen molar-refractivity contribution in [2.45, 2.75) is 6.42 Å². The van der Waals surface area contributed by atoms with Gasteiger partial charge in [0.2, 0.25) is 0 Å². The van der Waals surface area contributed by atoms with Gasteiger partial charge in [-0.2, -0.15) is 4.99 Å². The van der Waals surface area contributed by atoms with Gasteiger partial charge in [0.05, 0.1) is 7.11 Å². The first-order valence-electron chi connectivity index (χ1n) is 7.98. The van der Waals surface area contributed by atoms with Crippen LogP contribution in [0.1, 0.15) is 11.3 Å². The lowest BCUT2D eigenvalue weighted by atomic mass is 10.1. The number of nitrogens with one attached hydrogen (secondary N) is 1. The minimum Gasteiger partial charge on any atom is -0.497 e. The molecule has 0 saturated heterocycles. The van der Waals surface area contributed by atoms with Crippen LogP contribution in [0.25, 0.3) is 0 Å². The third-order valence-electron chi connectivity index (χ3n) is 3.59. The first-order chi connectivity index (χ1) is 12.2. The Morgan fingerprint density at radius 2 is 1.84 bits per heavy atom. The van der Waals surface area contributed by atoms with Crippen LogP contribution in [0.2, 0.25) is 0 Å². The van der Waals surface area contributed by atoms with Crippen LogP contribution < -0.4 is 15.8 Å². The summed E-state index contributed by atoms with van der Waals surface area (Å²) in [6.07, 6.45) is 0.701. The van der Waals surface area contributed by atoms with Gasteiger partial charge >= 0.3 is 0 Å². The van der Waals surface area contributed by atoms with Crippen molar-refractivity contribution in [3.8, 4) is 5.75 Å². The molecule has 3 rings (SSSR count). The van der Waals surface area contributed by atoms with Crippen molar-refractivity contribution >= 4 is 17.5 Å². The summed E-state index contributed by atoms with van der Waals surface area (Å²) in [5, 5.41) is 3.05. The quantitative estimate of drug-likeness (QED) is 0.551. The number of nitrogens with zero attached hydrogens (tertiary/aromatic N) is 2. The van der Waals surface area contributed by atoms with Gasteiger partial charge in [0.25, 0.3) is 0 Å². The van der Waals surface area contributed by atoms with Gasteiger partial charge in [0, 0.05) is 17.8 Å². The fraction of sp³-hybridized carbons (Fsp3) is 0.100. The lowest BCUT2D eigenvalue weighted by molar-refractivity contribution is 0.414. The molecule has 0 unspecified atom stereocenters. The number of aliphatic imine (C=N–C) groups is 1. The van der Waals surface area contributed by atoms with Crippen LogP contribution in [0.5, 0.6) is 5.75 Å². The Labute approximate surface area is 147 Å². The van der Waals surface area contributed by atoms with Crippen LogP contribution in [0.4, 0.5) is 11.5 Å². The molecule has 0 amide bonds. The molecule has 0 atom stereocenters. The molecule has 25 heavy (non-hydrogen) atoms. The maximum Gasteiger partial charge on any atom is 0.199 e. The summed E-state index contributed by atoms with van der Waals surface area (Å²) < 4.78 is 5.26. The number of aromatic nitrogens is 1. The Hall–Kier alpha value is -3.34. The first-order valence-corrected chi connectivity index (χ1v) is 7.98. The van der Waals surface area contributed by atoms with E-state index in [0.717, 1.165) is 22.7 Å². The number of benzene rings is 2. The van der Waals surface area contributed by atoms with Crippen LogP contribution >= 0.6 is 0 Å². The molecule has 0 aliphatic rings. The van der Waals surface area contributed by atoms with E-state index in [-0.39, 0.29) is 0 Å². The molecule has 1 heterocycles. The standard InChI is InChI=1S/C20H20N4O/c1-25-18-11-5-7-15(14-18)13-17-10-6-12-19(22-17)24-20(21)23-16-8-3-2-4-9-16/h2-12,14H,13H2,1H3,(H3,21,22,23,24). The number of hydrogen-bond donors (Lipinski definition) is 2. The van der Waals surface area contributed by atoms with Gasteiger partial charge in [-0.15, -0.1) is 0 Å². The fourth-order valence-electron chi connectivity index (χ4n) is 2.44. The average Bonchev–Trinajstić information content (AvgIpc) is 2.63. The number of rotatable bonds is 5. The summed E-state index contributed by atoms with van der Waals surface area (Å²) >= 11 is 0. The molecule has 3 aromatic rings. The third kappa shape index (κ3) is 4.81. The topological polar surface area (TPSA) is 72.5 Å². The van der Waals surface area contributed by atoms with E-state index in [0.29, 0.717) is 18.2 Å². The Bertz CT molecular complexity index is 862. The molecule has 1 aromatic heterocycles. The SMILES string of the molecule is COc1cccc(Cc2cccc(/N=C(\N)Nc3ccccc3)n2)c1. The largest absolute Gasteiger partial charge is 0.497 e. The van der Waals surface area contributed by atoms with E-state index in [9.17, 15) is 0 Å². The van der Waals surface area contributed by atoms with E-state index >= 15 is 0 Å². The number of nitrogens with two attached hydrogens (primary N) is 1. The fourth-order valence-corrected chi connectivity index (χ4v) is 2.44. The molecule has 0 spiro atoms. The molecular weight excluding hydrogens is 312 g/mol. The minimum atomic E-state index is 0.303. The summed E-state index contributed by atoms with van der Waals surface area (Å²) in [4.78, 5) is 8.89. The molecule has 3 N–H and O–H groups in total. The van der Waals surface area contributed by atoms with Gasteiger partial charge in [0.15, 0.2) is 11.8 Å². The Morgan fingerprint density at radius 1 is 1.04 bits per heavy atom. The molecule has 0 aliphatic heterocycles. The van der Waals surface area contributed by atoms with Crippen LogP contribution in [0.3, 0.4) is 0 Å². The van der Waals surface area contributed by atoms with E-state index in [2.05, 4.69) is 15.3 Å². The Kier molecular flexibility index (Phi) is 5.26. The van der Waals surface area contributed by atoms with Gasteiger partial charge in [-0.3, -0.25) is 0 Å². The van der Waals surface area contributed by atoms with E-state index < -0.39 is 0 Å². The Morgan fingerprint density at radius 3 is 2.64 bits per heavy atom. The molecule has 0 bridgehead atoms. The highest BCUT2D eigenvalue weighted by molar-refractivity contribution is 5.93. The molecule has 126 valence electrons. The predicted octanol–water partition coefficient (Wildman–Crippen LogP) is 3.74. The van der Waals surface area contributed by atoms with E-state index in [1.165, 1.54) is 0 Å². The first kappa shape index (κ1) is 16.5. The molecule has 0 saturated carbocycles. The minimum absolute atomic E-state index is 0.303. The number of anilines is 1. The maximum absolute atomic E-state index is 5.96. The van der Waals surface area contributed by atoms with Gasteiger partial charge in [0.1, 0.15) is 5.75 Å². The molecular formula is C20H20N4O. The van der Waals surface area contributed by atoms with Crippen molar-refractivity contribution in [3.63, 3.8) is 0 Å². The highest BCUT2D eigenvalue weighted by atomic mass is 16.5. The van der Waals surface area contributed by atoms with Gasteiger partial charge in [-0.05, 0) is 42.0 Å². The van der Waals surface area contributed by atoms with Crippen molar-refractivity contribution in [1.82, 2.24) is 4.98 Å². The molecule has 0 radical (unpaired) electrons. The second kappa shape index (κ2) is 7.97. The number of para-hydroxylation sites is 1. The summed E-state index contributed by atoms with van der Waals surface area (Å²) in [5.74, 6) is 1.71. The predicted molar refractivity (Wildman–Crippen MR) is 101 cm³/mol. The monoisotopic (exact) mass is 332 g/mol. The van der Waals surface area contributed by atoms with Gasteiger partial charge in [-0.25, -0.2) is 4.98 Å². The van der Waals surface area contributed by atoms with E-state index in [1.807, 2.05) is 72.8 Å². The molecule has 5 nitrogen and oxygen atoms in total. The van der Waals surface area contributed by atoms with Gasteiger partial charge < -0.3 is 15.8 Å². The van der Waals surface area contributed by atoms with E-state index in [4.69, 9.17) is 10.5 Å². The number of hydrogen-bond acceptors (Lipinski definition) is 3. The molecule has 0 fully saturated rings. The third-order valence-corrected chi connectivity index (χ3v) is 3.59. The number of guanidine groups is 1. The second-order valence-corrected chi connectivity index (χ2v) is 5.50. The zero-order valence-electron chi connectivity index (χ0n) is 14.0. The summed E-state index contributed by atoms with van der Waals surface area (Å²) in [7, 11) is 1.66. The number of pyridine rings is 1. The zero-order chi connectivity index (χ0) is 17.5. The highest BCUT2D eigenvalue weighted by Gasteiger charge is 2.02. The van der Waals surface area contributed by atoms with Crippen molar-refractivity contribution in [2.24, 2.45) is 10.7 Å². The maximum atomic E-state index is 5.96. The zero-order valence-corrected chi connectivity index (χ0v) is 14.0. The van der Waals surface area contributed by atoms with Crippen molar-refractivity contribution in [3.05, 3.63) is 84.1 Å². The van der Waals surface area contributed by atoms with E-state index in [1.54, 1.807) is 7.11 Å². The Balaban J connectivity index is 1.73. The van der Waals surface area contributed by atoms with Crippen molar-refractivity contribution in [1.29, 1.82) is 0 Å². The number of methoxy groups -OCH3 is 1. The van der Waals surface area contributed by atoms with Crippen LogP contribution in [0, 0.1) is 0 Å². The molecule has 0 aliphatic carbocycles. The molecule has 2 aromatic carbocycles. The number of ether oxygens (including phenoxy) is 1. The van der Waals surface area contributed by atoms with Gasteiger partial charge in [-0.1, -0.05) is 36.4 Å². The highest BCUT2D eigenvalue weighted by Crippen LogP contribution is 2.17. The summed E-state index contributed by atoms with van der Waals surface area (Å²) in [5.41, 5.74) is 8.89. The smallest absolute Gasteiger partial charge is 0.199 e. The van der Waals surface area contributed by atoms with Crippen LogP contribution in [-0.2, 0) is 6.42 Å². The van der Waals surface area contributed by atoms with Crippen LogP contribution in [0.15, 0.2) is 77.8 Å². The average molecular weight is 332 g/mol. The van der Waals surface area contributed by atoms with Crippen LogP contribution in [-0.4, -0.2) is 18.1 Å². The second-order valence-electron chi connectivity index (χ2n) is 5.50. The van der Waals surface area contributed by atoms with Crippen molar-refractivity contribution < 1.29 is 4.74 Å². The lowest BCUT2D eigenvalue weighted by Crippen LogP contribution is -2.21. The normalized spacial score (nSPS) is 11.2. The summed E-state index contributed by atoms with van der Waals surface area (Å²) in [6.45, 7) is 0.